The largest absolute Gasteiger partial charge is 0.741 e. The lowest BCUT2D eigenvalue weighted by Gasteiger charge is -2.23. The highest BCUT2D eigenvalue weighted by atomic mass is 32.2. The lowest BCUT2D eigenvalue weighted by atomic mass is 10.2. The minimum atomic E-state index is -6.09. The monoisotopic (exact) mass is 744 g/mol. The maximum atomic E-state index is 13.4. The summed E-state index contributed by atoms with van der Waals surface area (Å²) in [6.45, 7) is 4.60. The van der Waals surface area contributed by atoms with Gasteiger partial charge in [0.05, 0.1) is 20.1 Å². The third-order valence-electron chi connectivity index (χ3n) is 5.90. The number of unbranched alkanes of at least 4 members (excludes halogenated alkanes) is 6. The summed E-state index contributed by atoms with van der Waals surface area (Å²) in [6.07, 6.45) is 9.49. The van der Waals surface area contributed by atoms with Crippen molar-refractivity contribution in [2.24, 2.45) is 7.05 Å². The van der Waals surface area contributed by atoms with E-state index in [4.69, 9.17) is 25.9 Å². The second-order valence-electron chi connectivity index (χ2n) is 9.68. The van der Waals surface area contributed by atoms with E-state index in [9.17, 15) is 52.7 Å². The number of hydrogen-bond donors (Lipinski definition) is 1. The first-order valence-electron chi connectivity index (χ1n) is 13.2. The average molecular weight is 745 g/mol. The SMILES string of the molecule is CCCCCC[NH+]1C(F)(F)N(C)C(F)(F)C1(F)F.CCCCCCn1cc[n+](C)c1.O=S(=O)([O-])C(F)(F)F.O=S(=O)([O-])C(F)(F)F. The van der Waals surface area contributed by atoms with Crippen molar-refractivity contribution in [2.45, 2.75) is 101 Å². The van der Waals surface area contributed by atoms with Gasteiger partial charge >= 0.3 is 29.3 Å². The van der Waals surface area contributed by atoms with Gasteiger partial charge in [-0.2, -0.15) is 40.0 Å². The molecule has 276 valence electrons. The molecule has 46 heavy (non-hydrogen) atoms. The lowest BCUT2D eigenvalue weighted by Crippen LogP contribution is -3.23. The predicted octanol–water partition coefficient (Wildman–Crippen LogP) is 4.13. The van der Waals surface area contributed by atoms with Gasteiger partial charge in [0.2, 0.25) is 6.33 Å². The molecule has 0 amide bonds. The van der Waals surface area contributed by atoms with Crippen molar-refractivity contribution in [2.75, 3.05) is 13.6 Å². The highest BCUT2D eigenvalue weighted by molar-refractivity contribution is 7.86. The summed E-state index contributed by atoms with van der Waals surface area (Å²) < 4.78 is 202. The number of imidazole rings is 1. The molecular weight excluding hydrogens is 708 g/mol. The highest BCUT2D eigenvalue weighted by Crippen LogP contribution is 2.42. The van der Waals surface area contributed by atoms with Gasteiger partial charge in [-0.3, -0.25) is 0 Å². The van der Waals surface area contributed by atoms with Gasteiger partial charge in [-0.05, 0) is 25.7 Å². The van der Waals surface area contributed by atoms with Crippen LogP contribution in [0.2, 0.25) is 0 Å². The van der Waals surface area contributed by atoms with Crippen molar-refractivity contribution in [1.82, 2.24) is 9.47 Å². The molecule has 1 aliphatic rings. The van der Waals surface area contributed by atoms with E-state index in [1.165, 1.54) is 32.2 Å². The van der Waals surface area contributed by atoms with Crippen LogP contribution in [0.15, 0.2) is 18.7 Å². The maximum Gasteiger partial charge on any atom is 0.485 e. The van der Waals surface area contributed by atoms with Crippen molar-refractivity contribution >= 4 is 20.2 Å². The highest BCUT2D eigenvalue weighted by Gasteiger charge is 2.84. The Morgan fingerprint density at radius 2 is 1.15 bits per heavy atom. The molecule has 2 rings (SSSR count). The molecular formula is C22H36F12N4O6S2. The van der Waals surface area contributed by atoms with Crippen LogP contribution < -0.4 is 9.47 Å². The molecule has 0 aliphatic carbocycles. The van der Waals surface area contributed by atoms with Crippen LogP contribution in [0.1, 0.15) is 65.2 Å². The topological polar surface area (TPSA) is 131 Å². The Bertz CT molecular complexity index is 1200. The molecule has 0 aromatic carbocycles. The Balaban J connectivity index is 0. The Morgan fingerprint density at radius 1 is 0.761 bits per heavy atom. The van der Waals surface area contributed by atoms with E-state index in [2.05, 4.69) is 41.8 Å². The zero-order chi connectivity index (χ0) is 37.0. The van der Waals surface area contributed by atoms with E-state index in [-0.39, 0.29) is 6.42 Å². The van der Waals surface area contributed by atoms with E-state index in [0.717, 1.165) is 6.42 Å². The molecule has 0 saturated carbocycles. The Labute approximate surface area is 258 Å². The molecule has 1 fully saturated rings. The van der Waals surface area contributed by atoms with Gasteiger partial charge in [0, 0.05) is 7.05 Å². The quantitative estimate of drug-likeness (QED) is 0.0953. The molecule has 1 unspecified atom stereocenters. The third kappa shape index (κ3) is 14.5. The van der Waals surface area contributed by atoms with Crippen molar-refractivity contribution in [3.63, 3.8) is 0 Å². The Kier molecular flexibility index (Phi) is 18.1. The average Bonchev–Trinajstić information content (AvgIpc) is 3.32. The van der Waals surface area contributed by atoms with Crippen LogP contribution in [0.3, 0.4) is 0 Å². The maximum absolute atomic E-state index is 13.4. The molecule has 1 atom stereocenters. The van der Waals surface area contributed by atoms with E-state index in [1.54, 1.807) is 0 Å². The first-order valence-corrected chi connectivity index (χ1v) is 16.0. The lowest BCUT2D eigenvalue weighted by molar-refractivity contribution is -1.05. The van der Waals surface area contributed by atoms with Crippen molar-refractivity contribution in [3.05, 3.63) is 18.7 Å². The third-order valence-corrected chi connectivity index (χ3v) is 7.04. The number of likely N-dealkylation sites (N-methyl/N-ethyl adjacent to an activating group) is 1. The summed E-state index contributed by atoms with van der Waals surface area (Å²) in [6, 6.07) is -9.62. The van der Waals surface area contributed by atoms with E-state index < -0.39 is 65.9 Å². The zero-order valence-electron chi connectivity index (χ0n) is 24.9. The fourth-order valence-corrected chi connectivity index (χ4v) is 3.35. The summed E-state index contributed by atoms with van der Waals surface area (Å²) in [5.41, 5.74) is -11.3. The van der Waals surface area contributed by atoms with E-state index in [0.29, 0.717) is 19.9 Å². The Hall–Kier alpha value is -1.89. The van der Waals surface area contributed by atoms with Crippen molar-refractivity contribution in [3.8, 4) is 0 Å². The van der Waals surface area contributed by atoms with E-state index in [1.807, 2.05) is 6.92 Å². The number of alkyl halides is 12. The van der Waals surface area contributed by atoms with Crippen LogP contribution in [-0.4, -0.2) is 78.3 Å². The molecule has 10 nitrogen and oxygen atoms in total. The molecule has 1 aromatic heterocycles. The molecule has 0 bridgehead atoms. The standard InChI is InChI=1S/C10H16F6N2.C10H19N2.2CHF3O3S/c1-3-4-5-6-7-18-9(13,14)8(11,12)17(2)10(18,15)16;1-3-4-5-6-7-12-9-8-11(2)10-12;2*2-1(3,4)8(5,6)7/h3-7H2,1-2H3;8-10H,3-7H2,1-2H3;2*(H,5,6,7)/q;+1;;/p-1. The van der Waals surface area contributed by atoms with Gasteiger partial charge in [0.25, 0.3) is 0 Å². The molecule has 0 spiro atoms. The molecule has 0 radical (unpaired) electrons. The number of aryl methyl sites for hydroxylation is 2. The van der Waals surface area contributed by atoms with Crippen molar-refractivity contribution in [1.29, 1.82) is 0 Å². The second-order valence-corrected chi connectivity index (χ2v) is 12.4. The fraction of sp³-hybridized carbons (Fsp3) is 0.864. The number of halogens is 12. The number of nitrogens with one attached hydrogen (secondary N) is 1. The van der Waals surface area contributed by atoms with Gasteiger partial charge in [0.15, 0.2) is 20.2 Å². The van der Waals surface area contributed by atoms with Crippen LogP contribution in [0.4, 0.5) is 52.7 Å². The predicted molar refractivity (Wildman–Crippen MR) is 134 cm³/mol. The smallest absolute Gasteiger partial charge is 0.485 e. The molecule has 1 saturated heterocycles. The van der Waals surface area contributed by atoms with Crippen LogP contribution in [-0.2, 0) is 33.8 Å². The summed E-state index contributed by atoms with van der Waals surface area (Å²) in [5, 5.41) is 0. The van der Waals surface area contributed by atoms with Crippen LogP contribution in [0, 0.1) is 0 Å². The molecule has 1 aromatic rings. The second kappa shape index (κ2) is 18.0. The molecule has 1 aliphatic heterocycles. The summed E-state index contributed by atoms with van der Waals surface area (Å²) in [4.78, 5) is -2.51. The number of hydrogen-bond acceptors (Lipinski definition) is 7. The summed E-state index contributed by atoms with van der Waals surface area (Å²) in [5.74, 6) is 0. The molecule has 1 N–H and O–H groups in total. The van der Waals surface area contributed by atoms with Crippen LogP contribution in [0.25, 0.3) is 0 Å². The van der Waals surface area contributed by atoms with Gasteiger partial charge in [-0.25, -0.2) is 26.0 Å². The number of nitrogens with zero attached hydrogens (tertiary/aromatic N) is 3. The Morgan fingerprint density at radius 3 is 1.43 bits per heavy atom. The summed E-state index contributed by atoms with van der Waals surface area (Å²) >= 11 is 0. The van der Waals surface area contributed by atoms with Gasteiger partial charge in [-0.1, -0.05) is 39.5 Å². The zero-order valence-corrected chi connectivity index (χ0v) is 26.6. The minimum Gasteiger partial charge on any atom is -0.741 e. The summed E-state index contributed by atoms with van der Waals surface area (Å²) in [7, 11) is -9.81. The number of aromatic nitrogens is 2. The van der Waals surface area contributed by atoms with Crippen LogP contribution in [0.5, 0.6) is 0 Å². The fourth-order valence-electron chi connectivity index (χ4n) is 3.35. The van der Waals surface area contributed by atoms with Crippen molar-refractivity contribution < 1.29 is 88.1 Å². The molecule has 24 heteroatoms. The van der Waals surface area contributed by atoms with Gasteiger partial charge in [0.1, 0.15) is 12.4 Å². The van der Waals surface area contributed by atoms with E-state index >= 15 is 0 Å². The first-order chi connectivity index (χ1) is 20.4. The molecule has 2 heterocycles. The van der Waals surface area contributed by atoms with Gasteiger partial charge < -0.3 is 9.11 Å². The minimum absolute atomic E-state index is 0.0677. The number of quaternary nitrogens is 1. The number of rotatable bonds is 10. The first kappa shape index (κ1) is 46.2. The normalized spacial score (nSPS) is 19.2. The van der Waals surface area contributed by atoms with Crippen LogP contribution >= 0.6 is 0 Å². The van der Waals surface area contributed by atoms with Gasteiger partial charge in [-0.15, -0.1) is 22.5 Å².